The number of carbonyl (C=O) groups is 1. The predicted octanol–water partition coefficient (Wildman–Crippen LogP) is 3.05. The van der Waals surface area contributed by atoms with E-state index in [0.29, 0.717) is 12.4 Å². The Morgan fingerprint density at radius 1 is 1.35 bits per heavy atom. The van der Waals surface area contributed by atoms with Crippen LogP contribution in [0.2, 0.25) is 0 Å². The molecular formula is C14H18O3. The SMILES string of the molecule is C=Cc1ccc(OC(C)(C)C(=O)OCC)cc1. The van der Waals surface area contributed by atoms with Crippen LogP contribution in [-0.2, 0) is 9.53 Å². The monoisotopic (exact) mass is 234 g/mol. The molecular weight excluding hydrogens is 216 g/mol. The van der Waals surface area contributed by atoms with E-state index in [1.165, 1.54) is 0 Å². The summed E-state index contributed by atoms with van der Waals surface area (Å²) in [7, 11) is 0. The molecule has 17 heavy (non-hydrogen) atoms. The lowest BCUT2D eigenvalue weighted by Gasteiger charge is -2.24. The molecule has 0 aliphatic carbocycles. The van der Waals surface area contributed by atoms with E-state index in [4.69, 9.17) is 9.47 Å². The summed E-state index contributed by atoms with van der Waals surface area (Å²) in [6.45, 7) is 9.17. The van der Waals surface area contributed by atoms with Gasteiger partial charge in [-0.25, -0.2) is 4.79 Å². The van der Waals surface area contributed by atoms with Crippen LogP contribution in [0.15, 0.2) is 30.8 Å². The minimum atomic E-state index is -0.980. The molecule has 0 saturated heterocycles. The van der Waals surface area contributed by atoms with Crippen LogP contribution in [0.5, 0.6) is 5.75 Å². The van der Waals surface area contributed by atoms with Crippen LogP contribution in [0.1, 0.15) is 26.3 Å². The Morgan fingerprint density at radius 3 is 2.41 bits per heavy atom. The van der Waals surface area contributed by atoms with Gasteiger partial charge in [-0.15, -0.1) is 0 Å². The highest BCUT2D eigenvalue weighted by Crippen LogP contribution is 2.20. The summed E-state index contributed by atoms with van der Waals surface area (Å²) < 4.78 is 10.6. The van der Waals surface area contributed by atoms with Gasteiger partial charge in [0.05, 0.1) is 6.61 Å². The molecule has 0 fully saturated rings. The number of hydrogen-bond donors (Lipinski definition) is 0. The second kappa shape index (κ2) is 5.53. The van der Waals surface area contributed by atoms with Gasteiger partial charge in [-0.05, 0) is 38.5 Å². The van der Waals surface area contributed by atoms with Gasteiger partial charge in [-0.1, -0.05) is 24.8 Å². The molecule has 1 rings (SSSR count). The lowest BCUT2D eigenvalue weighted by molar-refractivity contribution is -0.158. The molecule has 3 nitrogen and oxygen atoms in total. The lowest BCUT2D eigenvalue weighted by atomic mass is 10.1. The van der Waals surface area contributed by atoms with E-state index in [2.05, 4.69) is 6.58 Å². The number of hydrogen-bond acceptors (Lipinski definition) is 3. The van der Waals surface area contributed by atoms with Crippen LogP contribution in [0.4, 0.5) is 0 Å². The second-order valence-corrected chi connectivity index (χ2v) is 4.11. The lowest BCUT2D eigenvalue weighted by Crippen LogP contribution is -2.39. The molecule has 3 heteroatoms. The maximum atomic E-state index is 11.6. The predicted molar refractivity (Wildman–Crippen MR) is 67.9 cm³/mol. The molecule has 0 radical (unpaired) electrons. The zero-order chi connectivity index (χ0) is 12.9. The number of ether oxygens (including phenoxy) is 2. The molecule has 0 atom stereocenters. The highest BCUT2D eigenvalue weighted by atomic mass is 16.6. The Labute approximate surface area is 102 Å². The van der Waals surface area contributed by atoms with Gasteiger partial charge in [-0.3, -0.25) is 0 Å². The molecule has 92 valence electrons. The van der Waals surface area contributed by atoms with Crippen molar-refractivity contribution in [2.45, 2.75) is 26.4 Å². The van der Waals surface area contributed by atoms with E-state index in [1.807, 2.05) is 12.1 Å². The van der Waals surface area contributed by atoms with Crippen molar-refractivity contribution < 1.29 is 14.3 Å². The molecule has 1 aromatic carbocycles. The summed E-state index contributed by atoms with van der Waals surface area (Å²) in [5.74, 6) is 0.265. The Balaban J connectivity index is 2.74. The highest BCUT2D eigenvalue weighted by molar-refractivity contribution is 5.79. The molecule has 0 bridgehead atoms. The average Bonchev–Trinajstić information content (AvgIpc) is 2.30. The third kappa shape index (κ3) is 3.63. The van der Waals surface area contributed by atoms with Gasteiger partial charge in [-0.2, -0.15) is 0 Å². The van der Waals surface area contributed by atoms with Gasteiger partial charge in [0.15, 0.2) is 5.60 Å². The van der Waals surface area contributed by atoms with Crippen molar-refractivity contribution >= 4 is 12.0 Å². The zero-order valence-corrected chi connectivity index (χ0v) is 10.5. The third-order valence-electron chi connectivity index (χ3n) is 2.26. The Hall–Kier alpha value is -1.77. The summed E-state index contributed by atoms with van der Waals surface area (Å²) in [6.07, 6.45) is 1.75. The quantitative estimate of drug-likeness (QED) is 0.734. The molecule has 0 aliphatic heterocycles. The molecule has 0 unspecified atom stereocenters. The molecule has 0 saturated carbocycles. The summed E-state index contributed by atoms with van der Waals surface area (Å²) in [5.41, 5.74) is 0.0254. The second-order valence-electron chi connectivity index (χ2n) is 4.11. The van der Waals surface area contributed by atoms with Gasteiger partial charge in [0, 0.05) is 0 Å². The fraction of sp³-hybridized carbons (Fsp3) is 0.357. The summed E-state index contributed by atoms with van der Waals surface area (Å²) >= 11 is 0. The molecule has 0 heterocycles. The molecule has 0 amide bonds. The van der Waals surface area contributed by atoms with Crippen molar-refractivity contribution in [3.8, 4) is 5.75 Å². The van der Waals surface area contributed by atoms with Crippen LogP contribution in [0.3, 0.4) is 0 Å². The fourth-order valence-corrected chi connectivity index (χ4v) is 1.31. The van der Waals surface area contributed by atoms with Gasteiger partial charge < -0.3 is 9.47 Å². The van der Waals surface area contributed by atoms with Crippen molar-refractivity contribution in [3.05, 3.63) is 36.4 Å². The fourth-order valence-electron chi connectivity index (χ4n) is 1.31. The molecule has 1 aromatic rings. The third-order valence-corrected chi connectivity index (χ3v) is 2.26. The minimum Gasteiger partial charge on any atom is -0.476 e. The minimum absolute atomic E-state index is 0.348. The standard InChI is InChI=1S/C14H18O3/c1-5-11-7-9-12(10-8-11)17-14(3,4)13(15)16-6-2/h5,7-10H,1,6H2,2-4H3. The molecule has 0 spiro atoms. The van der Waals surface area contributed by atoms with Gasteiger partial charge >= 0.3 is 5.97 Å². The maximum Gasteiger partial charge on any atom is 0.349 e. The van der Waals surface area contributed by atoms with E-state index in [-0.39, 0.29) is 5.97 Å². The van der Waals surface area contributed by atoms with Gasteiger partial charge in [0.1, 0.15) is 5.75 Å². The van der Waals surface area contributed by atoms with Crippen molar-refractivity contribution in [1.29, 1.82) is 0 Å². The summed E-state index contributed by atoms with van der Waals surface area (Å²) in [4.78, 5) is 11.6. The molecule has 0 aromatic heterocycles. The molecule has 0 aliphatic rings. The van der Waals surface area contributed by atoms with Crippen LogP contribution in [0, 0.1) is 0 Å². The van der Waals surface area contributed by atoms with Gasteiger partial charge in [0.25, 0.3) is 0 Å². The average molecular weight is 234 g/mol. The molecule has 0 N–H and O–H groups in total. The van der Waals surface area contributed by atoms with Crippen molar-refractivity contribution in [1.82, 2.24) is 0 Å². The largest absolute Gasteiger partial charge is 0.476 e. The van der Waals surface area contributed by atoms with Crippen LogP contribution >= 0.6 is 0 Å². The zero-order valence-electron chi connectivity index (χ0n) is 10.5. The van der Waals surface area contributed by atoms with E-state index in [1.54, 1.807) is 39.0 Å². The van der Waals surface area contributed by atoms with E-state index >= 15 is 0 Å². The first-order valence-electron chi connectivity index (χ1n) is 5.58. The van der Waals surface area contributed by atoms with Crippen molar-refractivity contribution in [2.75, 3.05) is 6.61 Å². The smallest absolute Gasteiger partial charge is 0.349 e. The number of benzene rings is 1. The topological polar surface area (TPSA) is 35.5 Å². The van der Waals surface area contributed by atoms with Crippen LogP contribution in [-0.4, -0.2) is 18.2 Å². The van der Waals surface area contributed by atoms with E-state index in [9.17, 15) is 4.79 Å². The first kappa shape index (κ1) is 13.3. The maximum absolute atomic E-state index is 11.6. The number of esters is 1. The first-order chi connectivity index (χ1) is 7.99. The Bertz CT molecular complexity index is 390. The number of carbonyl (C=O) groups excluding carboxylic acids is 1. The summed E-state index contributed by atoms with van der Waals surface area (Å²) in [6, 6.07) is 7.36. The van der Waals surface area contributed by atoms with Crippen LogP contribution < -0.4 is 4.74 Å². The van der Waals surface area contributed by atoms with Crippen molar-refractivity contribution in [2.24, 2.45) is 0 Å². The Morgan fingerprint density at radius 2 is 1.94 bits per heavy atom. The normalized spacial score (nSPS) is 10.8. The summed E-state index contributed by atoms with van der Waals surface area (Å²) in [5, 5.41) is 0. The van der Waals surface area contributed by atoms with Crippen LogP contribution in [0.25, 0.3) is 6.08 Å². The van der Waals surface area contributed by atoms with Gasteiger partial charge in [0.2, 0.25) is 0 Å². The highest BCUT2D eigenvalue weighted by Gasteiger charge is 2.31. The van der Waals surface area contributed by atoms with E-state index in [0.717, 1.165) is 5.56 Å². The Kier molecular flexibility index (Phi) is 4.32. The van der Waals surface area contributed by atoms with Crippen molar-refractivity contribution in [3.63, 3.8) is 0 Å². The van der Waals surface area contributed by atoms with E-state index < -0.39 is 5.60 Å². The number of rotatable bonds is 5. The first-order valence-corrected chi connectivity index (χ1v) is 5.58.